The molecule has 0 bridgehead atoms. The van der Waals surface area contributed by atoms with Gasteiger partial charge in [0.2, 0.25) is 0 Å². The molecule has 2 heterocycles. The number of aliphatic hydroxyl groups excluding tert-OH is 1. The zero-order valence-electron chi connectivity index (χ0n) is 10.9. The summed E-state index contributed by atoms with van der Waals surface area (Å²) in [7, 11) is 0. The van der Waals surface area contributed by atoms with Gasteiger partial charge in [0.1, 0.15) is 5.82 Å². The van der Waals surface area contributed by atoms with E-state index in [1.165, 1.54) is 0 Å². The Morgan fingerprint density at radius 2 is 1.85 bits per heavy atom. The van der Waals surface area contributed by atoms with Crippen molar-refractivity contribution in [2.24, 2.45) is 0 Å². The van der Waals surface area contributed by atoms with Gasteiger partial charge in [0.15, 0.2) is 0 Å². The molecule has 1 atom stereocenters. The molecular formula is C16H15N3O. The molecule has 20 heavy (non-hydrogen) atoms. The van der Waals surface area contributed by atoms with Gasteiger partial charge < -0.3 is 10.8 Å². The third-order valence-corrected chi connectivity index (χ3v) is 3.32. The summed E-state index contributed by atoms with van der Waals surface area (Å²) in [5, 5.41) is 11.5. The van der Waals surface area contributed by atoms with Crippen LogP contribution in [0.3, 0.4) is 0 Å². The Morgan fingerprint density at radius 1 is 1.05 bits per heavy atom. The summed E-state index contributed by atoms with van der Waals surface area (Å²) >= 11 is 0. The van der Waals surface area contributed by atoms with Crippen LogP contribution in [0.4, 0.5) is 5.82 Å². The Balaban J connectivity index is 1.94. The lowest BCUT2D eigenvalue weighted by atomic mass is 9.99. The van der Waals surface area contributed by atoms with E-state index in [0.29, 0.717) is 12.2 Å². The molecule has 2 aromatic heterocycles. The van der Waals surface area contributed by atoms with E-state index in [4.69, 9.17) is 5.73 Å². The summed E-state index contributed by atoms with van der Waals surface area (Å²) in [6.45, 7) is 0. The fraction of sp³-hybridized carbons (Fsp3) is 0.125. The summed E-state index contributed by atoms with van der Waals surface area (Å²) in [5.41, 5.74) is 8.39. The first kappa shape index (κ1) is 12.6. The van der Waals surface area contributed by atoms with Crippen molar-refractivity contribution < 1.29 is 5.11 Å². The number of para-hydroxylation sites is 1. The van der Waals surface area contributed by atoms with Crippen molar-refractivity contribution in [3.63, 3.8) is 0 Å². The number of benzene rings is 1. The Bertz CT molecular complexity index is 737. The lowest BCUT2D eigenvalue weighted by Gasteiger charge is -2.13. The van der Waals surface area contributed by atoms with Gasteiger partial charge in [0.25, 0.3) is 0 Å². The minimum atomic E-state index is -0.593. The maximum atomic E-state index is 10.5. The molecular weight excluding hydrogens is 250 g/mol. The van der Waals surface area contributed by atoms with Crippen LogP contribution in [0, 0.1) is 0 Å². The number of fused-ring (bicyclic) bond motifs is 1. The maximum Gasteiger partial charge on any atom is 0.123 e. The van der Waals surface area contributed by atoms with Crippen LogP contribution in [-0.4, -0.2) is 15.1 Å². The second kappa shape index (κ2) is 5.27. The fourth-order valence-electron chi connectivity index (χ4n) is 2.36. The predicted molar refractivity (Wildman–Crippen MR) is 79.1 cm³/mol. The minimum Gasteiger partial charge on any atom is -0.388 e. The Labute approximate surface area is 116 Å². The first-order chi connectivity index (χ1) is 9.74. The second-order valence-electron chi connectivity index (χ2n) is 4.73. The zero-order valence-corrected chi connectivity index (χ0v) is 10.9. The summed E-state index contributed by atoms with van der Waals surface area (Å²) in [6, 6.07) is 13.3. The lowest BCUT2D eigenvalue weighted by molar-refractivity contribution is 0.180. The molecule has 4 nitrogen and oxygen atoms in total. The maximum absolute atomic E-state index is 10.5. The monoisotopic (exact) mass is 265 g/mol. The highest BCUT2D eigenvalue weighted by Gasteiger charge is 2.12. The van der Waals surface area contributed by atoms with E-state index in [9.17, 15) is 5.11 Å². The third-order valence-electron chi connectivity index (χ3n) is 3.32. The summed E-state index contributed by atoms with van der Waals surface area (Å²) in [5.74, 6) is 0.467. The first-order valence-corrected chi connectivity index (χ1v) is 6.46. The molecule has 0 saturated heterocycles. The number of aliphatic hydroxyl groups is 1. The Morgan fingerprint density at radius 3 is 2.70 bits per heavy atom. The quantitative estimate of drug-likeness (QED) is 0.763. The third kappa shape index (κ3) is 2.46. The first-order valence-electron chi connectivity index (χ1n) is 6.46. The van der Waals surface area contributed by atoms with Crippen LogP contribution >= 0.6 is 0 Å². The molecule has 3 rings (SSSR count). The average molecular weight is 265 g/mol. The van der Waals surface area contributed by atoms with Gasteiger partial charge in [0, 0.05) is 24.2 Å². The number of nitrogens with two attached hydrogens (primary N) is 1. The largest absolute Gasteiger partial charge is 0.388 e. The number of nitrogens with zero attached hydrogens (tertiary/aromatic N) is 2. The van der Waals surface area contributed by atoms with Crippen molar-refractivity contribution in [3.8, 4) is 0 Å². The molecule has 3 N–H and O–H groups in total. The fourth-order valence-corrected chi connectivity index (χ4v) is 2.36. The number of hydrogen-bond acceptors (Lipinski definition) is 4. The molecule has 0 radical (unpaired) electrons. The van der Waals surface area contributed by atoms with Crippen molar-refractivity contribution in [3.05, 3.63) is 66.0 Å². The highest BCUT2D eigenvalue weighted by atomic mass is 16.3. The highest BCUT2D eigenvalue weighted by molar-refractivity contribution is 5.82. The van der Waals surface area contributed by atoms with Crippen LogP contribution in [0.25, 0.3) is 10.9 Å². The van der Waals surface area contributed by atoms with Gasteiger partial charge in [-0.2, -0.15) is 0 Å². The van der Waals surface area contributed by atoms with Crippen LogP contribution in [0.2, 0.25) is 0 Å². The minimum absolute atomic E-state index is 0.467. The number of aromatic nitrogens is 2. The zero-order chi connectivity index (χ0) is 13.9. The van der Waals surface area contributed by atoms with E-state index >= 15 is 0 Å². The smallest absolute Gasteiger partial charge is 0.123 e. The van der Waals surface area contributed by atoms with Gasteiger partial charge in [-0.15, -0.1) is 0 Å². The van der Waals surface area contributed by atoms with Gasteiger partial charge >= 0.3 is 0 Å². The van der Waals surface area contributed by atoms with Gasteiger partial charge in [-0.1, -0.05) is 18.2 Å². The molecule has 0 aliphatic rings. The van der Waals surface area contributed by atoms with Crippen molar-refractivity contribution in [2.75, 3.05) is 5.73 Å². The van der Waals surface area contributed by atoms with Crippen LogP contribution in [0.5, 0.6) is 0 Å². The van der Waals surface area contributed by atoms with E-state index in [1.807, 2.05) is 36.4 Å². The van der Waals surface area contributed by atoms with Crippen molar-refractivity contribution in [1.82, 2.24) is 9.97 Å². The molecule has 0 fully saturated rings. The molecule has 0 spiro atoms. The van der Waals surface area contributed by atoms with Gasteiger partial charge in [0.05, 0.1) is 11.6 Å². The normalized spacial score (nSPS) is 12.4. The van der Waals surface area contributed by atoms with E-state index < -0.39 is 6.10 Å². The van der Waals surface area contributed by atoms with E-state index in [-0.39, 0.29) is 0 Å². The van der Waals surface area contributed by atoms with Crippen molar-refractivity contribution in [1.29, 1.82) is 0 Å². The molecule has 1 unspecified atom stereocenters. The molecule has 0 amide bonds. The van der Waals surface area contributed by atoms with E-state index in [2.05, 4.69) is 9.97 Å². The van der Waals surface area contributed by atoms with Crippen LogP contribution in [0.15, 0.2) is 54.9 Å². The van der Waals surface area contributed by atoms with Crippen molar-refractivity contribution >= 4 is 16.7 Å². The number of rotatable bonds is 3. The second-order valence-corrected chi connectivity index (χ2v) is 4.73. The molecule has 3 aromatic rings. The molecule has 0 saturated carbocycles. The van der Waals surface area contributed by atoms with Gasteiger partial charge in [-0.25, -0.2) is 4.98 Å². The average Bonchev–Trinajstić information content (AvgIpc) is 2.46. The number of hydrogen-bond donors (Lipinski definition) is 2. The lowest BCUT2D eigenvalue weighted by Crippen LogP contribution is -2.04. The predicted octanol–water partition coefficient (Wildman–Crippen LogP) is 2.49. The highest BCUT2D eigenvalue weighted by Crippen LogP contribution is 2.25. The molecule has 0 aliphatic heterocycles. The van der Waals surface area contributed by atoms with Crippen molar-refractivity contribution in [2.45, 2.75) is 12.5 Å². The van der Waals surface area contributed by atoms with E-state index in [0.717, 1.165) is 22.0 Å². The number of pyridine rings is 2. The summed E-state index contributed by atoms with van der Waals surface area (Å²) in [6.07, 6.45) is 3.29. The summed E-state index contributed by atoms with van der Waals surface area (Å²) < 4.78 is 0. The topological polar surface area (TPSA) is 72.0 Å². The van der Waals surface area contributed by atoms with E-state index in [1.54, 1.807) is 18.5 Å². The number of nitrogen functional groups attached to an aromatic ring is 1. The molecule has 100 valence electrons. The molecule has 4 heteroatoms. The molecule has 0 aliphatic carbocycles. The van der Waals surface area contributed by atoms with Gasteiger partial charge in [-0.3, -0.25) is 4.98 Å². The number of anilines is 1. The standard InChI is InChI=1S/C16H15N3O/c17-16-10-11(5-7-19-16)9-15(20)13-6-8-18-14-4-2-1-3-12(13)14/h1-8,10,15,20H,9H2,(H2,17,19). The Kier molecular flexibility index (Phi) is 3.31. The van der Waals surface area contributed by atoms with Crippen LogP contribution < -0.4 is 5.73 Å². The SMILES string of the molecule is Nc1cc(CC(O)c2ccnc3ccccc23)ccn1. The molecule has 1 aromatic carbocycles. The van der Waals surface area contributed by atoms with Crippen LogP contribution in [-0.2, 0) is 6.42 Å². The van der Waals surface area contributed by atoms with Gasteiger partial charge in [-0.05, 0) is 35.4 Å². The van der Waals surface area contributed by atoms with Crippen LogP contribution in [0.1, 0.15) is 17.2 Å². The summed E-state index contributed by atoms with van der Waals surface area (Å²) in [4.78, 5) is 8.26. The Hall–Kier alpha value is -2.46.